The van der Waals surface area contributed by atoms with E-state index in [0.29, 0.717) is 6.07 Å². The average Bonchev–Trinajstić information content (AvgIpc) is 2.19. The summed E-state index contributed by atoms with van der Waals surface area (Å²) in [6.07, 6.45) is 0. The van der Waals surface area contributed by atoms with Crippen LogP contribution in [0, 0.1) is 11.6 Å². The first-order valence-corrected chi connectivity index (χ1v) is 3.88. The molecule has 0 aliphatic heterocycles. The first-order chi connectivity index (χ1) is 6.49. The van der Waals surface area contributed by atoms with Crippen LogP contribution in [0.25, 0.3) is 0 Å². The lowest BCUT2D eigenvalue weighted by atomic mass is 10.1. The van der Waals surface area contributed by atoms with Crippen molar-refractivity contribution in [2.75, 3.05) is 12.8 Å². The Labute approximate surface area is 83.4 Å². The molecule has 0 bridgehead atoms. The number of hydrogen-bond donors (Lipinski definition) is 1. The zero-order valence-electron chi connectivity index (χ0n) is 7.11. The Morgan fingerprint density at radius 2 is 2.14 bits per heavy atom. The first kappa shape index (κ1) is 10.7. The maximum atomic E-state index is 12.8. The van der Waals surface area contributed by atoms with Crippen LogP contribution in [0.4, 0.5) is 14.5 Å². The van der Waals surface area contributed by atoms with Crippen LogP contribution in [0.5, 0.6) is 0 Å². The van der Waals surface area contributed by atoms with Crippen LogP contribution < -0.4 is 5.73 Å². The minimum atomic E-state index is -1.28. The predicted octanol–water partition coefficient (Wildman–Crippen LogP) is 1.99. The summed E-state index contributed by atoms with van der Waals surface area (Å²) in [5.41, 5.74) is 4.66. The van der Waals surface area contributed by atoms with Crippen molar-refractivity contribution in [3.63, 3.8) is 0 Å². The van der Waals surface area contributed by atoms with Crippen molar-refractivity contribution in [1.82, 2.24) is 0 Å². The van der Waals surface area contributed by atoms with Crippen LogP contribution >= 0.6 is 11.6 Å². The molecule has 2 N–H and O–H groups in total. The Bertz CT molecular complexity index is 395. The minimum absolute atomic E-state index is 0.295. The fraction of sp³-hybridized carbons (Fsp3) is 0.125. The van der Waals surface area contributed by atoms with Gasteiger partial charge in [-0.05, 0) is 6.07 Å². The van der Waals surface area contributed by atoms with Crippen LogP contribution in [0.2, 0.25) is 5.02 Å². The molecule has 0 saturated carbocycles. The Morgan fingerprint density at radius 3 is 2.64 bits per heavy atom. The van der Waals surface area contributed by atoms with Gasteiger partial charge < -0.3 is 10.5 Å². The van der Waals surface area contributed by atoms with Crippen molar-refractivity contribution in [3.8, 4) is 0 Å². The summed E-state index contributed by atoms with van der Waals surface area (Å²) < 4.78 is 29.9. The number of carbonyl (C=O) groups excluding carboxylic acids is 1. The summed E-state index contributed by atoms with van der Waals surface area (Å²) in [7, 11) is 1.09. The second-order valence-electron chi connectivity index (χ2n) is 2.44. The molecule has 0 radical (unpaired) electrons. The number of anilines is 1. The van der Waals surface area contributed by atoms with Gasteiger partial charge in [0.1, 0.15) is 5.02 Å². The van der Waals surface area contributed by atoms with Crippen molar-refractivity contribution in [1.29, 1.82) is 0 Å². The van der Waals surface area contributed by atoms with Gasteiger partial charge in [0, 0.05) is 0 Å². The molecule has 0 spiro atoms. The molecule has 0 fully saturated rings. The van der Waals surface area contributed by atoms with Crippen molar-refractivity contribution >= 4 is 23.3 Å². The van der Waals surface area contributed by atoms with Gasteiger partial charge in [0.25, 0.3) is 0 Å². The van der Waals surface area contributed by atoms with E-state index in [-0.39, 0.29) is 11.3 Å². The molecular weight excluding hydrogens is 216 g/mol. The number of rotatable bonds is 1. The molecule has 76 valence electrons. The number of halogens is 3. The molecule has 0 heterocycles. The average molecular weight is 222 g/mol. The molecule has 3 nitrogen and oxygen atoms in total. The summed E-state index contributed by atoms with van der Waals surface area (Å²) >= 11 is 5.34. The van der Waals surface area contributed by atoms with Gasteiger partial charge in [-0.15, -0.1) is 0 Å². The van der Waals surface area contributed by atoms with Crippen molar-refractivity contribution in [2.45, 2.75) is 0 Å². The Kier molecular flexibility index (Phi) is 2.90. The number of nitrogens with two attached hydrogens (primary N) is 1. The van der Waals surface area contributed by atoms with Crippen LogP contribution in [-0.4, -0.2) is 13.1 Å². The SMILES string of the molecule is COC(=O)c1cc(F)c(F)c(Cl)c1N. The van der Waals surface area contributed by atoms with Crippen LogP contribution in [0.15, 0.2) is 6.07 Å². The van der Waals surface area contributed by atoms with Gasteiger partial charge in [-0.1, -0.05) is 11.6 Å². The lowest BCUT2D eigenvalue weighted by Crippen LogP contribution is -2.08. The number of ether oxygens (including phenoxy) is 1. The van der Waals surface area contributed by atoms with Gasteiger partial charge in [0.2, 0.25) is 0 Å². The van der Waals surface area contributed by atoms with Crippen LogP contribution in [-0.2, 0) is 4.74 Å². The fourth-order valence-electron chi connectivity index (χ4n) is 0.888. The van der Waals surface area contributed by atoms with Gasteiger partial charge in [-0.25, -0.2) is 13.6 Å². The number of benzene rings is 1. The third kappa shape index (κ3) is 1.63. The lowest BCUT2D eigenvalue weighted by molar-refractivity contribution is 0.0601. The number of hydrogen-bond acceptors (Lipinski definition) is 3. The Balaban J connectivity index is 3.40. The fourth-order valence-corrected chi connectivity index (χ4v) is 1.08. The molecule has 0 aliphatic rings. The summed E-state index contributed by atoms with van der Waals surface area (Å²) in [6.45, 7) is 0. The quantitative estimate of drug-likeness (QED) is 0.448. The van der Waals surface area contributed by atoms with Crippen molar-refractivity contribution in [2.24, 2.45) is 0 Å². The Hall–Kier alpha value is -1.36. The molecule has 0 aliphatic carbocycles. The molecule has 1 rings (SSSR count). The number of methoxy groups -OCH3 is 1. The van der Waals surface area contributed by atoms with Gasteiger partial charge >= 0.3 is 5.97 Å². The first-order valence-electron chi connectivity index (χ1n) is 3.50. The van der Waals surface area contributed by atoms with Gasteiger partial charge in [-0.2, -0.15) is 0 Å². The molecular formula is C8H6ClF2NO2. The minimum Gasteiger partial charge on any atom is -0.465 e. The summed E-state index contributed by atoms with van der Waals surface area (Å²) in [5, 5.41) is -0.620. The monoisotopic (exact) mass is 221 g/mol. The lowest BCUT2D eigenvalue weighted by Gasteiger charge is -2.06. The summed E-state index contributed by atoms with van der Waals surface area (Å²) in [4.78, 5) is 11.0. The van der Waals surface area contributed by atoms with Crippen molar-refractivity contribution in [3.05, 3.63) is 28.3 Å². The number of esters is 1. The van der Waals surface area contributed by atoms with E-state index in [2.05, 4.69) is 4.74 Å². The van der Waals surface area contributed by atoms with Crippen LogP contribution in [0.1, 0.15) is 10.4 Å². The standard InChI is InChI=1S/C8H6ClF2NO2/c1-14-8(13)3-2-4(10)6(11)5(9)7(3)12/h2H,12H2,1H3. The van der Waals surface area contributed by atoms with Crippen LogP contribution in [0.3, 0.4) is 0 Å². The second-order valence-corrected chi connectivity index (χ2v) is 2.82. The van der Waals surface area contributed by atoms with E-state index in [1.807, 2.05) is 0 Å². The van der Waals surface area contributed by atoms with E-state index in [4.69, 9.17) is 17.3 Å². The third-order valence-corrected chi connectivity index (χ3v) is 1.97. The predicted molar refractivity (Wildman–Crippen MR) is 47.1 cm³/mol. The van der Waals surface area contributed by atoms with Crippen molar-refractivity contribution < 1.29 is 18.3 Å². The zero-order valence-corrected chi connectivity index (χ0v) is 7.86. The maximum absolute atomic E-state index is 12.8. The topological polar surface area (TPSA) is 52.3 Å². The van der Waals surface area contributed by atoms with E-state index < -0.39 is 22.6 Å². The molecule has 0 aromatic heterocycles. The third-order valence-electron chi connectivity index (χ3n) is 1.61. The summed E-state index contributed by atoms with van der Waals surface area (Å²) in [5.74, 6) is -3.40. The smallest absolute Gasteiger partial charge is 0.340 e. The number of carbonyl (C=O) groups is 1. The van der Waals surface area contributed by atoms with E-state index in [1.54, 1.807) is 0 Å². The molecule has 0 unspecified atom stereocenters. The highest BCUT2D eigenvalue weighted by Crippen LogP contribution is 2.28. The highest BCUT2D eigenvalue weighted by Gasteiger charge is 2.19. The maximum Gasteiger partial charge on any atom is 0.340 e. The molecule has 0 amide bonds. The van der Waals surface area contributed by atoms with E-state index in [1.165, 1.54) is 0 Å². The molecule has 6 heteroatoms. The molecule has 1 aromatic rings. The highest BCUT2D eigenvalue weighted by atomic mass is 35.5. The van der Waals surface area contributed by atoms with E-state index in [0.717, 1.165) is 7.11 Å². The molecule has 1 aromatic carbocycles. The van der Waals surface area contributed by atoms with Gasteiger partial charge in [0.05, 0.1) is 18.4 Å². The van der Waals surface area contributed by atoms with E-state index >= 15 is 0 Å². The molecule has 0 atom stereocenters. The zero-order chi connectivity index (χ0) is 10.9. The summed E-state index contributed by atoms with van der Waals surface area (Å²) in [6, 6.07) is 0.641. The molecule has 14 heavy (non-hydrogen) atoms. The normalized spacial score (nSPS) is 10.0. The van der Waals surface area contributed by atoms with Gasteiger partial charge in [-0.3, -0.25) is 0 Å². The second kappa shape index (κ2) is 3.79. The molecule has 0 saturated heterocycles. The van der Waals surface area contributed by atoms with E-state index in [9.17, 15) is 13.6 Å². The van der Waals surface area contributed by atoms with Gasteiger partial charge in [0.15, 0.2) is 11.6 Å². The largest absolute Gasteiger partial charge is 0.465 e. The Morgan fingerprint density at radius 1 is 1.57 bits per heavy atom. The highest BCUT2D eigenvalue weighted by molar-refractivity contribution is 6.34. The number of nitrogen functional groups attached to an aromatic ring is 1.